The van der Waals surface area contributed by atoms with Gasteiger partial charge in [-0.2, -0.15) is 8.42 Å². The Kier molecular flexibility index (Phi) is 3.74. The van der Waals surface area contributed by atoms with E-state index in [-0.39, 0.29) is 17.5 Å². The van der Waals surface area contributed by atoms with Gasteiger partial charge in [0.1, 0.15) is 12.4 Å². The van der Waals surface area contributed by atoms with E-state index < -0.39 is 10.0 Å². The smallest absolute Gasteiger partial charge is 0.295 e. The van der Waals surface area contributed by atoms with Gasteiger partial charge in [-0.25, -0.2) is 0 Å². The molecule has 0 aliphatic heterocycles. The second-order valence-electron chi connectivity index (χ2n) is 3.46. The van der Waals surface area contributed by atoms with Gasteiger partial charge in [0.15, 0.2) is 0 Å². The van der Waals surface area contributed by atoms with E-state index in [2.05, 4.69) is 20.7 Å². The van der Waals surface area contributed by atoms with Gasteiger partial charge in [-0.15, -0.1) is 0 Å². The Labute approximate surface area is 113 Å². The SMILES string of the molecule is O=S(=O)(Nc1ccccc1Br)c1ccc(CO)o1. The zero-order valence-corrected chi connectivity index (χ0v) is 11.5. The van der Waals surface area contributed by atoms with Crippen LogP contribution in [0.1, 0.15) is 5.76 Å². The molecule has 1 aromatic heterocycles. The van der Waals surface area contributed by atoms with Crippen molar-refractivity contribution in [3.8, 4) is 0 Å². The maximum absolute atomic E-state index is 12.0. The molecule has 7 heteroatoms. The molecule has 2 aromatic rings. The number of aliphatic hydroxyl groups excluding tert-OH is 1. The van der Waals surface area contributed by atoms with Gasteiger partial charge in [-0.05, 0) is 40.2 Å². The highest BCUT2D eigenvalue weighted by molar-refractivity contribution is 9.10. The zero-order valence-electron chi connectivity index (χ0n) is 9.13. The van der Waals surface area contributed by atoms with Crippen LogP contribution in [0.3, 0.4) is 0 Å². The quantitative estimate of drug-likeness (QED) is 0.901. The van der Waals surface area contributed by atoms with Crippen LogP contribution < -0.4 is 4.72 Å². The van der Waals surface area contributed by atoms with E-state index in [1.54, 1.807) is 24.3 Å². The number of nitrogens with one attached hydrogen (secondary N) is 1. The number of rotatable bonds is 4. The molecule has 0 atom stereocenters. The minimum absolute atomic E-state index is 0.197. The summed E-state index contributed by atoms with van der Waals surface area (Å²) in [4.78, 5) is 0. The summed E-state index contributed by atoms with van der Waals surface area (Å²) in [6, 6.07) is 9.54. The summed E-state index contributed by atoms with van der Waals surface area (Å²) in [7, 11) is -3.78. The Morgan fingerprint density at radius 2 is 1.94 bits per heavy atom. The molecular weight excluding hydrogens is 322 g/mol. The predicted octanol–water partition coefficient (Wildman–Crippen LogP) is 2.34. The van der Waals surface area contributed by atoms with E-state index >= 15 is 0 Å². The van der Waals surface area contributed by atoms with Crippen molar-refractivity contribution >= 4 is 31.6 Å². The number of hydrogen-bond acceptors (Lipinski definition) is 4. The van der Waals surface area contributed by atoms with Crippen molar-refractivity contribution in [3.63, 3.8) is 0 Å². The molecule has 1 heterocycles. The Morgan fingerprint density at radius 3 is 2.56 bits per heavy atom. The molecule has 18 heavy (non-hydrogen) atoms. The third kappa shape index (κ3) is 2.74. The van der Waals surface area contributed by atoms with E-state index in [9.17, 15) is 8.42 Å². The fourth-order valence-corrected chi connectivity index (χ4v) is 2.87. The van der Waals surface area contributed by atoms with Crippen LogP contribution in [0.2, 0.25) is 0 Å². The lowest BCUT2D eigenvalue weighted by atomic mass is 10.3. The molecule has 0 unspecified atom stereocenters. The Bertz CT molecular complexity index is 651. The largest absolute Gasteiger partial charge is 0.445 e. The van der Waals surface area contributed by atoms with Crippen molar-refractivity contribution in [2.75, 3.05) is 4.72 Å². The van der Waals surface area contributed by atoms with E-state index in [4.69, 9.17) is 9.52 Å². The van der Waals surface area contributed by atoms with Crippen molar-refractivity contribution in [1.82, 2.24) is 0 Å². The molecule has 0 spiro atoms. The third-order valence-electron chi connectivity index (χ3n) is 2.18. The average Bonchev–Trinajstić information content (AvgIpc) is 2.81. The molecule has 2 rings (SSSR count). The van der Waals surface area contributed by atoms with Crippen molar-refractivity contribution in [2.45, 2.75) is 11.7 Å². The Morgan fingerprint density at radius 1 is 1.22 bits per heavy atom. The second kappa shape index (κ2) is 5.13. The zero-order chi connectivity index (χ0) is 13.2. The Balaban J connectivity index is 2.30. The van der Waals surface area contributed by atoms with Crippen molar-refractivity contribution in [3.05, 3.63) is 46.6 Å². The van der Waals surface area contributed by atoms with Gasteiger partial charge < -0.3 is 9.52 Å². The molecular formula is C11H10BrNO4S. The summed E-state index contributed by atoms with van der Waals surface area (Å²) >= 11 is 3.24. The number of halogens is 1. The molecule has 0 radical (unpaired) electrons. The van der Waals surface area contributed by atoms with Crippen LogP contribution in [0, 0.1) is 0 Å². The van der Waals surface area contributed by atoms with Crippen LogP contribution in [0.25, 0.3) is 0 Å². The molecule has 0 saturated carbocycles. The van der Waals surface area contributed by atoms with Crippen LogP contribution in [0.15, 0.2) is 50.4 Å². The molecule has 0 amide bonds. The fourth-order valence-electron chi connectivity index (χ4n) is 1.33. The molecule has 0 aliphatic rings. The summed E-state index contributed by atoms with van der Waals surface area (Å²) in [5.74, 6) is 0.197. The van der Waals surface area contributed by atoms with E-state index in [0.29, 0.717) is 10.2 Å². The normalized spacial score (nSPS) is 11.4. The fraction of sp³-hybridized carbons (Fsp3) is 0.0909. The van der Waals surface area contributed by atoms with Crippen LogP contribution >= 0.6 is 15.9 Å². The molecule has 0 aliphatic carbocycles. The van der Waals surface area contributed by atoms with E-state index in [1.165, 1.54) is 12.1 Å². The standard InChI is InChI=1S/C11H10BrNO4S/c12-9-3-1-2-4-10(9)13-18(15,16)11-6-5-8(7-14)17-11/h1-6,13-14H,7H2. The molecule has 1 aromatic carbocycles. The maximum Gasteiger partial charge on any atom is 0.295 e. The molecule has 0 saturated heterocycles. The Hall–Kier alpha value is -1.31. The third-order valence-corrected chi connectivity index (χ3v) is 4.11. The summed E-state index contributed by atoms with van der Waals surface area (Å²) in [5.41, 5.74) is 0.416. The number of benzene rings is 1. The van der Waals surface area contributed by atoms with Gasteiger partial charge in [0.2, 0.25) is 5.09 Å². The van der Waals surface area contributed by atoms with Gasteiger partial charge >= 0.3 is 0 Å². The van der Waals surface area contributed by atoms with Gasteiger partial charge in [0, 0.05) is 4.47 Å². The highest BCUT2D eigenvalue weighted by Crippen LogP contribution is 2.25. The lowest BCUT2D eigenvalue weighted by Gasteiger charge is -2.07. The molecule has 96 valence electrons. The predicted molar refractivity (Wildman–Crippen MR) is 69.6 cm³/mol. The number of anilines is 1. The van der Waals surface area contributed by atoms with Crippen LogP contribution in [-0.4, -0.2) is 13.5 Å². The first kappa shape index (κ1) is 13.1. The topological polar surface area (TPSA) is 79.5 Å². The molecule has 0 fully saturated rings. The van der Waals surface area contributed by atoms with Gasteiger partial charge in [0.05, 0.1) is 5.69 Å². The highest BCUT2D eigenvalue weighted by Gasteiger charge is 2.19. The molecule has 2 N–H and O–H groups in total. The minimum atomic E-state index is -3.78. The van der Waals surface area contributed by atoms with Gasteiger partial charge in [0.25, 0.3) is 10.0 Å². The number of para-hydroxylation sites is 1. The molecule has 0 bridgehead atoms. The van der Waals surface area contributed by atoms with Crippen molar-refractivity contribution in [1.29, 1.82) is 0 Å². The first-order valence-electron chi connectivity index (χ1n) is 5.00. The number of sulfonamides is 1. The molecule has 5 nitrogen and oxygen atoms in total. The summed E-state index contributed by atoms with van der Waals surface area (Å²) < 4.78 is 32.0. The van der Waals surface area contributed by atoms with Crippen LogP contribution in [0.5, 0.6) is 0 Å². The number of furan rings is 1. The second-order valence-corrected chi connectivity index (χ2v) is 5.93. The van der Waals surface area contributed by atoms with E-state index in [0.717, 1.165) is 0 Å². The summed E-state index contributed by atoms with van der Waals surface area (Å²) in [5, 5.41) is 8.60. The first-order chi connectivity index (χ1) is 8.53. The van der Waals surface area contributed by atoms with Crippen molar-refractivity contribution < 1.29 is 17.9 Å². The minimum Gasteiger partial charge on any atom is -0.445 e. The number of hydrogen-bond donors (Lipinski definition) is 2. The highest BCUT2D eigenvalue weighted by atomic mass is 79.9. The first-order valence-corrected chi connectivity index (χ1v) is 7.27. The average molecular weight is 332 g/mol. The van der Waals surface area contributed by atoms with Crippen LogP contribution in [-0.2, 0) is 16.6 Å². The van der Waals surface area contributed by atoms with Gasteiger partial charge in [-0.1, -0.05) is 12.1 Å². The van der Waals surface area contributed by atoms with Gasteiger partial charge in [-0.3, -0.25) is 4.72 Å². The van der Waals surface area contributed by atoms with E-state index in [1.807, 2.05) is 0 Å². The lowest BCUT2D eigenvalue weighted by Crippen LogP contribution is -2.12. The maximum atomic E-state index is 12.0. The van der Waals surface area contributed by atoms with Crippen molar-refractivity contribution in [2.24, 2.45) is 0 Å². The monoisotopic (exact) mass is 331 g/mol. The summed E-state index contributed by atoms with van der Waals surface area (Å²) in [6.07, 6.45) is 0. The van der Waals surface area contributed by atoms with Crippen LogP contribution in [0.4, 0.5) is 5.69 Å². The summed E-state index contributed by atoms with van der Waals surface area (Å²) in [6.45, 7) is -0.343. The lowest BCUT2D eigenvalue weighted by molar-refractivity contribution is 0.236. The number of aliphatic hydroxyl groups is 1.